The van der Waals surface area contributed by atoms with E-state index in [1.165, 1.54) is 4.31 Å². The van der Waals surface area contributed by atoms with Gasteiger partial charge in [0.1, 0.15) is 0 Å². The van der Waals surface area contributed by atoms with Crippen LogP contribution in [0.25, 0.3) is 0 Å². The molecular formula is C12H26N2O2S. The highest BCUT2D eigenvalue weighted by Crippen LogP contribution is 2.14. The third kappa shape index (κ3) is 5.36. The molecule has 1 saturated heterocycles. The largest absolute Gasteiger partial charge is 0.316 e. The first-order chi connectivity index (χ1) is 7.92. The van der Waals surface area contributed by atoms with Gasteiger partial charge in [-0.15, -0.1) is 0 Å². The molecule has 1 aliphatic rings. The van der Waals surface area contributed by atoms with Crippen molar-refractivity contribution in [2.75, 3.05) is 32.4 Å². The lowest BCUT2D eigenvalue weighted by Gasteiger charge is -2.19. The van der Waals surface area contributed by atoms with Crippen LogP contribution in [0.2, 0.25) is 0 Å². The molecule has 0 aliphatic carbocycles. The number of sulfonamides is 1. The van der Waals surface area contributed by atoms with Gasteiger partial charge in [-0.3, -0.25) is 0 Å². The molecule has 1 atom stereocenters. The van der Waals surface area contributed by atoms with Gasteiger partial charge in [0.15, 0.2) is 0 Å². The fourth-order valence-corrected chi connectivity index (χ4v) is 3.69. The number of nitrogens with zero attached hydrogens (tertiary/aromatic N) is 1. The van der Waals surface area contributed by atoms with E-state index in [1.807, 2.05) is 0 Å². The smallest absolute Gasteiger partial charge is 0.214 e. The van der Waals surface area contributed by atoms with Crippen molar-refractivity contribution >= 4 is 10.0 Å². The Balaban J connectivity index is 2.34. The van der Waals surface area contributed by atoms with Crippen molar-refractivity contribution in [1.82, 2.24) is 9.62 Å². The van der Waals surface area contributed by atoms with Gasteiger partial charge >= 0.3 is 0 Å². The molecule has 1 fully saturated rings. The lowest BCUT2D eigenvalue weighted by Crippen LogP contribution is -2.33. The number of nitrogens with one attached hydrogen (secondary N) is 1. The highest BCUT2D eigenvalue weighted by molar-refractivity contribution is 7.89. The zero-order chi connectivity index (χ0) is 12.9. The number of hydrogen-bond acceptors (Lipinski definition) is 3. The van der Waals surface area contributed by atoms with Gasteiger partial charge in [-0.1, -0.05) is 13.8 Å². The van der Waals surface area contributed by atoms with E-state index >= 15 is 0 Å². The van der Waals surface area contributed by atoms with Gasteiger partial charge in [-0.2, -0.15) is 0 Å². The Labute approximate surface area is 106 Å². The van der Waals surface area contributed by atoms with Crippen molar-refractivity contribution in [3.63, 3.8) is 0 Å². The minimum Gasteiger partial charge on any atom is -0.316 e. The van der Waals surface area contributed by atoms with E-state index in [0.29, 0.717) is 24.1 Å². The Morgan fingerprint density at radius 3 is 2.65 bits per heavy atom. The molecule has 102 valence electrons. The second kappa shape index (κ2) is 6.71. The van der Waals surface area contributed by atoms with E-state index in [9.17, 15) is 8.42 Å². The summed E-state index contributed by atoms with van der Waals surface area (Å²) < 4.78 is 25.7. The zero-order valence-electron chi connectivity index (χ0n) is 11.3. The van der Waals surface area contributed by atoms with Gasteiger partial charge in [0.05, 0.1) is 5.75 Å². The summed E-state index contributed by atoms with van der Waals surface area (Å²) in [7, 11) is -1.34. The average molecular weight is 262 g/mol. The molecule has 1 aliphatic heterocycles. The van der Waals surface area contributed by atoms with Crippen LogP contribution in [0.1, 0.15) is 33.1 Å². The van der Waals surface area contributed by atoms with Crippen molar-refractivity contribution in [2.45, 2.75) is 33.1 Å². The zero-order valence-corrected chi connectivity index (χ0v) is 12.1. The Morgan fingerprint density at radius 1 is 1.41 bits per heavy atom. The van der Waals surface area contributed by atoms with Gasteiger partial charge in [-0.25, -0.2) is 12.7 Å². The molecule has 0 aromatic rings. The molecule has 0 aromatic heterocycles. The van der Waals surface area contributed by atoms with Crippen molar-refractivity contribution in [2.24, 2.45) is 11.8 Å². The molecule has 1 rings (SSSR count). The Hall–Kier alpha value is -0.130. The van der Waals surface area contributed by atoms with Crippen LogP contribution in [0.5, 0.6) is 0 Å². The SMILES string of the molecule is CC(C)CCCN(C)S(=O)(=O)CC1CCNC1. The van der Waals surface area contributed by atoms with Crippen LogP contribution in [0.4, 0.5) is 0 Å². The average Bonchev–Trinajstić information content (AvgIpc) is 2.68. The molecule has 1 unspecified atom stereocenters. The molecule has 1 heterocycles. The van der Waals surface area contributed by atoms with Crippen LogP contribution in [-0.2, 0) is 10.0 Å². The predicted molar refractivity (Wildman–Crippen MR) is 71.5 cm³/mol. The van der Waals surface area contributed by atoms with E-state index in [0.717, 1.165) is 32.4 Å². The van der Waals surface area contributed by atoms with Crippen molar-refractivity contribution in [1.29, 1.82) is 0 Å². The van der Waals surface area contributed by atoms with E-state index in [1.54, 1.807) is 7.05 Å². The summed E-state index contributed by atoms with van der Waals surface area (Å²) in [6.45, 7) is 6.79. The molecule has 0 spiro atoms. The third-order valence-corrected chi connectivity index (χ3v) is 5.36. The van der Waals surface area contributed by atoms with Crippen LogP contribution < -0.4 is 5.32 Å². The van der Waals surface area contributed by atoms with Crippen LogP contribution in [0.3, 0.4) is 0 Å². The minimum absolute atomic E-state index is 0.299. The maximum absolute atomic E-state index is 12.1. The Bertz CT molecular complexity index is 308. The summed E-state index contributed by atoms with van der Waals surface area (Å²) in [6, 6.07) is 0. The monoisotopic (exact) mass is 262 g/mol. The molecule has 1 N–H and O–H groups in total. The molecule has 4 nitrogen and oxygen atoms in total. The first-order valence-electron chi connectivity index (χ1n) is 6.56. The van der Waals surface area contributed by atoms with Gasteiger partial charge < -0.3 is 5.32 Å². The molecule has 0 saturated carbocycles. The van der Waals surface area contributed by atoms with Crippen molar-refractivity contribution < 1.29 is 8.42 Å². The molecule has 0 amide bonds. The van der Waals surface area contributed by atoms with Crippen molar-refractivity contribution in [3.05, 3.63) is 0 Å². The van der Waals surface area contributed by atoms with Crippen molar-refractivity contribution in [3.8, 4) is 0 Å². The summed E-state index contributed by atoms with van der Waals surface area (Å²) >= 11 is 0. The summed E-state index contributed by atoms with van der Waals surface area (Å²) in [6.07, 6.45) is 3.03. The summed E-state index contributed by atoms with van der Waals surface area (Å²) in [4.78, 5) is 0. The highest BCUT2D eigenvalue weighted by Gasteiger charge is 2.25. The van der Waals surface area contributed by atoms with Gasteiger partial charge in [0.2, 0.25) is 10.0 Å². The molecule has 5 heteroatoms. The van der Waals surface area contributed by atoms with Gasteiger partial charge in [-0.05, 0) is 44.2 Å². The first kappa shape index (κ1) is 14.9. The standard InChI is InChI=1S/C12H26N2O2S/c1-11(2)5-4-8-14(3)17(15,16)10-12-6-7-13-9-12/h11-13H,4-10H2,1-3H3. The Kier molecular flexibility index (Phi) is 5.89. The molecular weight excluding hydrogens is 236 g/mol. The van der Waals surface area contributed by atoms with E-state index in [4.69, 9.17) is 0 Å². The molecule has 0 bridgehead atoms. The maximum atomic E-state index is 12.1. The first-order valence-corrected chi connectivity index (χ1v) is 8.17. The maximum Gasteiger partial charge on any atom is 0.214 e. The lowest BCUT2D eigenvalue weighted by molar-refractivity contribution is 0.429. The fraction of sp³-hybridized carbons (Fsp3) is 1.00. The molecule has 17 heavy (non-hydrogen) atoms. The third-order valence-electron chi connectivity index (χ3n) is 3.34. The van der Waals surface area contributed by atoms with Crippen LogP contribution >= 0.6 is 0 Å². The predicted octanol–water partition coefficient (Wildman–Crippen LogP) is 1.29. The fourth-order valence-electron chi connectivity index (χ4n) is 2.14. The summed E-state index contributed by atoms with van der Waals surface area (Å²) in [5.74, 6) is 1.25. The quantitative estimate of drug-likeness (QED) is 0.752. The van der Waals surface area contributed by atoms with Crippen LogP contribution in [-0.4, -0.2) is 45.2 Å². The Morgan fingerprint density at radius 2 is 2.12 bits per heavy atom. The van der Waals surface area contributed by atoms with Crippen LogP contribution in [0, 0.1) is 11.8 Å². The van der Waals surface area contributed by atoms with Gasteiger partial charge in [0, 0.05) is 13.6 Å². The molecule has 0 radical (unpaired) electrons. The topological polar surface area (TPSA) is 49.4 Å². The molecule has 0 aromatic carbocycles. The minimum atomic E-state index is -3.05. The summed E-state index contributed by atoms with van der Waals surface area (Å²) in [5, 5.41) is 3.21. The second-order valence-electron chi connectivity index (χ2n) is 5.49. The number of rotatable bonds is 7. The summed E-state index contributed by atoms with van der Waals surface area (Å²) in [5.41, 5.74) is 0. The van der Waals surface area contributed by atoms with E-state index < -0.39 is 10.0 Å². The van der Waals surface area contributed by atoms with Crippen LogP contribution in [0.15, 0.2) is 0 Å². The second-order valence-corrected chi connectivity index (χ2v) is 7.62. The number of hydrogen-bond donors (Lipinski definition) is 1. The van der Waals surface area contributed by atoms with Gasteiger partial charge in [0.25, 0.3) is 0 Å². The van der Waals surface area contributed by atoms with E-state index in [2.05, 4.69) is 19.2 Å². The van der Waals surface area contributed by atoms with E-state index in [-0.39, 0.29) is 0 Å². The lowest BCUT2D eigenvalue weighted by atomic mass is 10.1. The highest BCUT2D eigenvalue weighted by atomic mass is 32.2. The normalized spacial score (nSPS) is 21.6.